The molecule has 0 saturated carbocycles. The molecule has 5 rings (SSSR count). The second-order valence-electron chi connectivity index (χ2n) is 9.10. The van der Waals surface area contributed by atoms with Gasteiger partial charge in [-0.3, -0.25) is 24.6 Å². The second kappa shape index (κ2) is 8.90. The summed E-state index contributed by atoms with van der Waals surface area (Å²) in [5.74, 6) is -0.0267. The zero-order chi connectivity index (χ0) is 22.8. The first-order valence-corrected chi connectivity index (χ1v) is 11.6. The summed E-state index contributed by atoms with van der Waals surface area (Å²) in [6.45, 7) is 2.88. The highest BCUT2D eigenvalue weighted by atomic mass is 16.2. The Morgan fingerprint density at radius 3 is 2.55 bits per heavy atom. The van der Waals surface area contributed by atoms with E-state index in [2.05, 4.69) is 39.1 Å². The predicted octanol–water partition coefficient (Wildman–Crippen LogP) is 3.49. The van der Waals surface area contributed by atoms with Crippen LogP contribution in [0.25, 0.3) is 10.9 Å². The highest BCUT2D eigenvalue weighted by molar-refractivity contribution is 6.07. The molecule has 0 radical (unpaired) electrons. The molecular weight excluding hydrogens is 414 g/mol. The van der Waals surface area contributed by atoms with Crippen molar-refractivity contribution in [3.05, 3.63) is 72.2 Å². The summed E-state index contributed by atoms with van der Waals surface area (Å²) in [7, 11) is 1.79. The molecule has 2 aliphatic rings. The van der Waals surface area contributed by atoms with Crippen molar-refractivity contribution in [1.29, 1.82) is 0 Å². The fourth-order valence-electron chi connectivity index (χ4n) is 5.15. The molecule has 170 valence electrons. The Balaban J connectivity index is 1.20. The van der Waals surface area contributed by atoms with Crippen molar-refractivity contribution in [3.8, 4) is 0 Å². The SMILES string of the molecule is CN1C(=O)N(CCCc2ccncc2)C(=O)C12CCN(Cc1ccc3ncccc3c1)CC2. The molecule has 33 heavy (non-hydrogen) atoms. The van der Waals surface area contributed by atoms with Gasteiger partial charge in [0.1, 0.15) is 5.54 Å². The lowest BCUT2D eigenvalue weighted by atomic mass is 9.86. The molecule has 3 aromatic rings. The van der Waals surface area contributed by atoms with Crippen LogP contribution in [0.1, 0.15) is 30.4 Å². The van der Waals surface area contributed by atoms with Crippen LogP contribution in [0.5, 0.6) is 0 Å². The van der Waals surface area contributed by atoms with Crippen LogP contribution in [0.4, 0.5) is 4.79 Å². The smallest absolute Gasteiger partial charge is 0.312 e. The number of imide groups is 1. The molecule has 4 heterocycles. The number of aryl methyl sites for hydroxylation is 1. The Hall–Kier alpha value is -3.32. The average molecular weight is 444 g/mol. The third-order valence-corrected chi connectivity index (χ3v) is 7.16. The lowest BCUT2D eigenvalue weighted by Crippen LogP contribution is -2.55. The Bertz CT molecular complexity index is 1160. The Morgan fingerprint density at radius 2 is 1.76 bits per heavy atom. The number of piperidine rings is 1. The molecule has 2 aromatic heterocycles. The van der Waals surface area contributed by atoms with E-state index in [4.69, 9.17) is 0 Å². The molecule has 3 amide bonds. The molecule has 0 bridgehead atoms. The lowest BCUT2D eigenvalue weighted by molar-refractivity contribution is -0.135. The topological polar surface area (TPSA) is 69.6 Å². The van der Waals surface area contributed by atoms with Crippen molar-refractivity contribution in [3.63, 3.8) is 0 Å². The highest BCUT2D eigenvalue weighted by Crippen LogP contribution is 2.36. The van der Waals surface area contributed by atoms with Gasteiger partial charge in [-0.25, -0.2) is 4.79 Å². The highest BCUT2D eigenvalue weighted by Gasteiger charge is 2.56. The minimum absolute atomic E-state index is 0.0267. The number of urea groups is 1. The number of hydrogen-bond donors (Lipinski definition) is 0. The van der Waals surface area contributed by atoms with E-state index in [1.54, 1.807) is 24.3 Å². The molecule has 7 nitrogen and oxygen atoms in total. The van der Waals surface area contributed by atoms with Crippen molar-refractivity contribution < 1.29 is 9.59 Å². The number of fused-ring (bicyclic) bond motifs is 1. The maximum absolute atomic E-state index is 13.4. The zero-order valence-corrected chi connectivity index (χ0v) is 19.0. The molecule has 0 unspecified atom stereocenters. The van der Waals surface area contributed by atoms with Crippen molar-refractivity contribution in [2.24, 2.45) is 0 Å². The standard InChI is InChI=1S/C26H29N5O2/c1-29-25(33)31(15-3-4-20-8-13-27-14-9-20)24(32)26(29)10-16-30(17-11-26)19-21-6-7-23-22(18-21)5-2-12-28-23/h2,5-9,12-14,18H,3-4,10-11,15-17,19H2,1H3. The predicted molar refractivity (Wildman–Crippen MR) is 126 cm³/mol. The summed E-state index contributed by atoms with van der Waals surface area (Å²) in [6, 6.07) is 14.2. The van der Waals surface area contributed by atoms with Gasteiger partial charge in [-0.05, 0) is 67.1 Å². The number of hydrogen-bond acceptors (Lipinski definition) is 5. The van der Waals surface area contributed by atoms with Gasteiger partial charge in [-0.2, -0.15) is 0 Å². The third kappa shape index (κ3) is 4.09. The Morgan fingerprint density at radius 1 is 0.970 bits per heavy atom. The zero-order valence-electron chi connectivity index (χ0n) is 19.0. The minimum atomic E-state index is -0.697. The van der Waals surface area contributed by atoms with Crippen molar-refractivity contribution in [2.45, 2.75) is 37.8 Å². The van der Waals surface area contributed by atoms with Gasteiger partial charge in [0.05, 0.1) is 5.52 Å². The quantitative estimate of drug-likeness (QED) is 0.546. The van der Waals surface area contributed by atoms with Gasteiger partial charge in [0.15, 0.2) is 0 Å². The van der Waals surface area contributed by atoms with Gasteiger partial charge >= 0.3 is 6.03 Å². The fraction of sp³-hybridized carbons (Fsp3) is 0.385. The maximum Gasteiger partial charge on any atom is 0.327 e. The Kier molecular flexibility index (Phi) is 5.81. The molecule has 1 spiro atoms. The monoisotopic (exact) mass is 443 g/mol. The van der Waals surface area contributed by atoms with Crippen LogP contribution in [-0.2, 0) is 17.8 Å². The fourth-order valence-corrected chi connectivity index (χ4v) is 5.15. The third-order valence-electron chi connectivity index (χ3n) is 7.16. The molecule has 0 aliphatic carbocycles. The van der Waals surface area contributed by atoms with Crippen molar-refractivity contribution in [2.75, 3.05) is 26.7 Å². The van der Waals surface area contributed by atoms with Gasteiger partial charge in [-0.15, -0.1) is 0 Å². The number of likely N-dealkylation sites (tertiary alicyclic amines) is 1. The molecule has 2 fully saturated rings. The molecule has 7 heteroatoms. The van der Waals surface area contributed by atoms with E-state index in [1.807, 2.05) is 24.4 Å². The number of aromatic nitrogens is 2. The molecule has 0 atom stereocenters. The maximum atomic E-state index is 13.4. The number of benzene rings is 1. The van der Waals surface area contributed by atoms with Gasteiger partial charge in [0, 0.05) is 57.2 Å². The Labute approximate surface area is 194 Å². The second-order valence-corrected chi connectivity index (χ2v) is 9.10. The molecule has 2 saturated heterocycles. The van der Waals surface area contributed by atoms with E-state index in [9.17, 15) is 9.59 Å². The summed E-state index contributed by atoms with van der Waals surface area (Å²) in [6.07, 6.45) is 8.28. The van der Waals surface area contributed by atoms with E-state index in [-0.39, 0.29) is 11.9 Å². The van der Waals surface area contributed by atoms with Crippen molar-refractivity contribution >= 4 is 22.8 Å². The minimum Gasteiger partial charge on any atom is -0.312 e. The van der Waals surface area contributed by atoms with Crippen LogP contribution in [-0.4, -0.2) is 68.8 Å². The van der Waals surface area contributed by atoms with Crippen LogP contribution < -0.4 is 0 Å². The van der Waals surface area contributed by atoms with Gasteiger partial charge < -0.3 is 4.90 Å². The van der Waals surface area contributed by atoms with Crippen LogP contribution in [0.3, 0.4) is 0 Å². The summed E-state index contributed by atoms with van der Waals surface area (Å²) < 4.78 is 0. The van der Waals surface area contributed by atoms with Crippen LogP contribution in [0, 0.1) is 0 Å². The average Bonchev–Trinajstić information content (AvgIpc) is 3.02. The first-order valence-electron chi connectivity index (χ1n) is 11.6. The van der Waals surface area contributed by atoms with E-state index >= 15 is 0 Å². The first kappa shape index (κ1) is 21.5. The normalized spacial score (nSPS) is 18.6. The van der Waals surface area contributed by atoms with E-state index in [1.165, 1.54) is 16.0 Å². The first-order chi connectivity index (χ1) is 16.1. The lowest BCUT2D eigenvalue weighted by Gasteiger charge is -2.40. The van der Waals surface area contributed by atoms with Crippen LogP contribution >= 0.6 is 0 Å². The van der Waals surface area contributed by atoms with Crippen molar-refractivity contribution in [1.82, 2.24) is 24.7 Å². The van der Waals surface area contributed by atoms with Gasteiger partial charge in [0.25, 0.3) is 5.91 Å². The largest absolute Gasteiger partial charge is 0.327 e. The van der Waals surface area contributed by atoms with Crippen LogP contribution in [0.15, 0.2) is 61.1 Å². The number of carbonyl (C=O) groups excluding carboxylic acids is 2. The molecule has 0 N–H and O–H groups in total. The number of carbonyl (C=O) groups is 2. The summed E-state index contributed by atoms with van der Waals surface area (Å²) in [4.78, 5) is 40.3. The number of likely N-dealkylation sites (N-methyl/N-ethyl adjacent to an activating group) is 1. The van der Waals surface area contributed by atoms with E-state index in [0.29, 0.717) is 19.4 Å². The summed E-state index contributed by atoms with van der Waals surface area (Å²) in [5, 5.41) is 1.14. The number of amides is 3. The van der Waals surface area contributed by atoms with Crippen LogP contribution in [0.2, 0.25) is 0 Å². The molecule has 2 aliphatic heterocycles. The number of nitrogens with zero attached hydrogens (tertiary/aromatic N) is 5. The summed E-state index contributed by atoms with van der Waals surface area (Å²) >= 11 is 0. The van der Waals surface area contributed by atoms with Gasteiger partial charge in [0.2, 0.25) is 0 Å². The summed E-state index contributed by atoms with van der Waals surface area (Å²) in [5.41, 5.74) is 2.72. The molecular formula is C26H29N5O2. The van der Waals surface area contributed by atoms with Gasteiger partial charge in [-0.1, -0.05) is 12.1 Å². The number of rotatable bonds is 6. The van der Waals surface area contributed by atoms with E-state index in [0.717, 1.165) is 43.4 Å². The molecule has 1 aromatic carbocycles. The number of pyridine rings is 2. The van der Waals surface area contributed by atoms with E-state index < -0.39 is 5.54 Å².